The van der Waals surface area contributed by atoms with Crippen molar-refractivity contribution in [2.45, 2.75) is 59.1 Å². The van der Waals surface area contributed by atoms with Gasteiger partial charge in [0.05, 0.1) is 12.2 Å². The van der Waals surface area contributed by atoms with Gasteiger partial charge in [-0.1, -0.05) is 62.7 Å². The number of ether oxygens (including phenoxy) is 1. The number of pyridine rings is 1. The molecule has 1 aliphatic carbocycles. The number of allylic oxidation sites excluding steroid dienone is 1. The molecule has 3 atom stereocenters. The van der Waals surface area contributed by atoms with Crippen molar-refractivity contribution in [2.24, 2.45) is 11.3 Å². The summed E-state index contributed by atoms with van der Waals surface area (Å²) in [7, 11) is 2.06. The molecule has 10 nitrogen and oxygen atoms in total. The number of nitrogens with zero attached hydrogens (tertiary/aromatic N) is 2. The van der Waals surface area contributed by atoms with E-state index in [1.165, 1.54) is 0 Å². The van der Waals surface area contributed by atoms with Gasteiger partial charge in [-0.2, -0.15) is 0 Å². The molecule has 5 rings (SSSR count). The third-order valence-electron chi connectivity index (χ3n) is 8.65. The van der Waals surface area contributed by atoms with Gasteiger partial charge in [-0.05, 0) is 75.2 Å². The fourth-order valence-corrected chi connectivity index (χ4v) is 5.87. The minimum Gasteiger partial charge on any atom is -0.484 e. The molecule has 0 spiro atoms. The highest BCUT2D eigenvalue weighted by molar-refractivity contribution is 5.97. The van der Waals surface area contributed by atoms with E-state index in [1.54, 1.807) is 29.0 Å². The maximum Gasteiger partial charge on any atom is 0.320 e. The summed E-state index contributed by atoms with van der Waals surface area (Å²) in [6.07, 6.45) is 5.43. The van der Waals surface area contributed by atoms with Gasteiger partial charge in [-0.15, -0.1) is 0 Å². The minimum atomic E-state index is -0.385. The van der Waals surface area contributed by atoms with Crippen molar-refractivity contribution in [2.75, 3.05) is 25.5 Å². The maximum atomic E-state index is 13.4. The monoisotopic (exact) mass is 622 g/mol. The number of rotatable bonds is 8. The number of hydrogen-bond donors (Lipinski definition) is 6. The lowest BCUT2D eigenvalue weighted by Gasteiger charge is -2.32. The zero-order chi connectivity index (χ0) is 33.0. The summed E-state index contributed by atoms with van der Waals surface area (Å²) in [6, 6.07) is 18.7. The molecule has 2 heterocycles. The van der Waals surface area contributed by atoms with Gasteiger partial charge < -0.3 is 25.7 Å². The summed E-state index contributed by atoms with van der Waals surface area (Å²) in [5, 5.41) is 35.1. The number of benzene rings is 2. The quantitative estimate of drug-likeness (QED) is 0.129. The number of aryl methyl sites for hydroxylation is 1. The Labute approximate surface area is 271 Å². The van der Waals surface area contributed by atoms with E-state index in [1.807, 2.05) is 76.2 Å². The molecule has 1 saturated heterocycles. The second kappa shape index (κ2) is 13.7. The molecule has 3 aromatic rings. The van der Waals surface area contributed by atoms with Crippen LogP contribution in [0.2, 0.25) is 0 Å². The molecule has 1 aromatic heterocycles. The van der Waals surface area contributed by atoms with E-state index in [2.05, 4.69) is 27.9 Å². The number of aromatic nitrogens is 1. The highest BCUT2D eigenvalue weighted by Crippen LogP contribution is 2.38. The number of carbonyl (C=O) groups is 1. The van der Waals surface area contributed by atoms with Crippen LogP contribution in [0.4, 0.5) is 10.5 Å². The second-order valence-electron chi connectivity index (χ2n) is 13.4. The lowest BCUT2D eigenvalue weighted by molar-refractivity contribution is 0.171. The van der Waals surface area contributed by atoms with E-state index in [-0.39, 0.29) is 35.0 Å². The van der Waals surface area contributed by atoms with Gasteiger partial charge in [0.2, 0.25) is 0 Å². The molecule has 1 fully saturated rings. The first-order chi connectivity index (χ1) is 21.9. The molecule has 2 aliphatic rings. The normalized spacial score (nSPS) is 20.0. The van der Waals surface area contributed by atoms with Gasteiger partial charge in [0.15, 0.2) is 0 Å². The molecule has 2 aromatic carbocycles. The lowest BCUT2D eigenvalue weighted by atomic mass is 9.85. The fraction of sp³-hybridized carbons (Fsp3) is 0.389. The Balaban J connectivity index is 1.30. The molecular weight excluding hydrogens is 576 g/mol. The molecule has 6 N–H and O–H groups in total. The number of fused-ring (bicyclic) bond motifs is 1. The van der Waals surface area contributed by atoms with Crippen molar-refractivity contribution in [1.29, 1.82) is 16.2 Å². The third-order valence-corrected chi connectivity index (χ3v) is 8.65. The Morgan fingerprint density at radius 2 is 1.70 bits per heavy atom. The topological polar surface area (TPSA) is 142 Å². The molecule has 2 amide bonds. The molecule has 0 radical (unpaired) electrons. The summed E-state index contributed by atoms with van der Waals surface area (Å²) < 4.78 is 8.12. The Kier molecular flexibility index (Phi) is 9.76. The van der Waals surface area contributed by atoms with E-state index in [0.29, 0.717) is 36.0 Å². The predicted octanol–water partition coefficient (Wildman–Crippen LogP) is 6.33. The van der Waals surface area contributed by atoms with Crippen LogP contribution in [-0.4, -0.2) is 47.2 Å². The van der Waals surface area contributed by atoms with Crippen molar-refractivity contribution in [3.05, 3.63) is 101 Å². The van der Waals surface area contributed by atoms with E-state index >= 15 is 0 Å². The van der Waals surface area contributed by atoms with Crippen LogP contribution in [0.1, 0.15) is 68.9 Å². The van der Waals surface area contributed by atoms with Crippen molar-refractivity contribution in [3.8, 4) is 5.75 Å². The molecule has 0 bridgehead atoms. The van der Waals surface area contributed by atoms with Crippen molar-refractivity contribution < 1.29 is 9.53 Å². The van der Waals surface area contributed by atoms with Crippen LogP contribution < -0.4 is 26.2 Å². The standard InChI is InChI=1S/C36H46N8O2/c1-23-10-12-25(13-11-23)40-33(20-31(37)36(2,3)4)42-35(45)41-29-15-16-30(28-9-7-6-8-27(28)29)46-26-14-17-32(38)44(22-26)34(39)24-18-19-43(5)21-24/h6-14,17,20,22,24,29-30,37-40H,15-16,18-19,21H2,1-5H3,(H2,41,42,45)/b33-20+,37-31?,38-32?,39-34?/t24-,29+,30-/m1/s1. The van der Waals surface area contributed by atoms with Crippen LogP contribution in [0.3, 0.4) is 0 Å². The van der Waals surface area contributed by atoms with Crippen molar-refractivity contribution >= 4 is 23.3 Å². The summed E-state index contributed by atoms with van der Waals surface area (Å²) in [4.78, 5) is 15.6. The van der Waals surface area contributed by atoms with Crippen LogP contribution in [0.5, 0.6) is 5.75 Å². The van der Waals surface area contributed by atoms with Crippen molar-refractivity contribution in [3.63, 3.8) is 0 Å². The van der Waals surface area contributed by atoms with Gasteiger partial charge in [0.25, 0.3) is 0 Å². The average molecular weight is 623 g/mol. The Hall–Kier alpha value is -4.70. The first-order valence-electron chi connectivity index (χ1n) is 15.9. The Morgan fingerprint density at radius 3 is 2.37 bits per heavy atom. The van der Waals surface area contributed by atoms with Crippen LogP contribution in [0.25, 0.3) is 0 Å². The minimum absolute atomic E-state index is 0.0873. The average Bonchev–Trinajstić information content (AvgIpc) is 3.45. The molecule has 10 heteroatoms. The largest absolute Gasteiger partial charge is 0.484 e. The van der Waals surface area contributed by atoms with Gasteiger partial charge >= 0.3 is 6.03 Å². The molecule has 46 heavy (non-hydrogen) atoms. The first-order valence-corrected chi connectivity index (χ1v) is 15.9. The number of nitrogens with one attached hydrogen (secondary N) is 6. The van der Waals surface area contributed by atoms with Gasteiger partial charge in [-0.3, -0.25) is 20.7 Å². The highest BCUT2D eigenvalue weighted by Gasteiger charge is 2.30. The molecular formula is C36H46N8O2. The van der Waals surface area contributed by atoms with Crippen LogP contribution in [0.15, 0.2) is 78.8 Å². The van der Waals surface area contributed by atoms with Crippen LogP contribution in [0, 0.1) is 34.5 Å². The van der Waals surface area contributed by atoms with Gasteiger partial charge in [0.1, 0.15) is 29.0 Å². The summed E-state index contributed by atoms with van der Waals surface area (Å²) in [5.74, 6) is 1.54. The number of hydrogen-bond acceptors (Lipinski definition) is 7. The second-order valence-corrected chi connectivity index (χ2v) is 13.4. The van der Waals surface area contributed by atoms with Gasteiger partial charge in [0, 0.05) is 35.4 Å². The zero-order valence-electron chi connectivity index (χ0n) is 27.4. The number of likely N-dealkylation sites (tertiary alicyclic amines) is 1. The SMILES string of the molecule is Cc1ccc(N/C(=C\C(=N)C(C)(C)C)NC(=O)N[C@H]2CC[C@@H](Oc3ccc(=N)n(C(=N)[C@@H]4CCN(C)C4)c3)c3ccccc32)cc1. The number of urea groups is 1. The van der Waals surface area contributed by atoms with Crippen LogP contribution >= 0.6 is 0 Å². The Bertz CT molecular complexity index is 1680. The van der Waals surface area contributed by atoms with E-state index in [4.69, 9.17) is 21.0 Å². The molecule has 1 aliphatic heterocycles. The fourth-order valence-electron chi connectivity index (χ4n) is 5.87. The number of anilines is 1. The number of amides is 2. The predicted molar refractivity (Wildman–Crippen MR) is 183 cm³/mol. The molecule has 0 saturated carbocycles. The van der Waals surface area contributed by atoms with Crippen LogP contribution in [-0.2, 0) is 0 Å². The number of carbonyl (C=O) groups excluding carboxylic acids is 1. The smallest absolute Gasteiger partial charge is 0.320 e. The highest BCUT2D eigenvalue weighted by atomic mass is 16.5. The first kappa shape index (κ1) is 32.7. The molecule has 242 valence electrons. The van der Waals surface area contributed by atoms with E-state index in [0.717, 1.165) is 41.9 Å². The summed E-state index contributed by atoms with van der Waals surface area (Å²) in [5.41, 5.74) is 4.18. The third kappa shape index (κ3) is 7.92. The van der Waals surface area contributed by atoms with E-state index < -0.39 is 0 Å². The zero-order valence-corrected chi connectivity index (χ0v) is 27.4. The van der Waals surface area contributed by atoms with E-state index in [9.17, 15) is 4.79 Å². The Morgan fingerprint density at radius 1 is 0.978 bits per heavy atom. The van der Waals surface area contributed by atoms with Gasteiger partial charge in [-0.25, -0.2) is 4.79 Å². The summed E-state index contributed by atoms with van der Waals surface area (Å²) in [6.45, 7) is 9.67. The maximum absolute atomic E-state index is 13.4. The van der Waals surface area contributed by atoms with Crippen molar-refractivity contribution in [1.82, 2.24) is 20.1 Å². The summed E-state index contributed by atoms with van der Waals surface area (Å²) >= 11 is 0. The lowest BCUT2D eigenvalue weighted by Crippen LogP contribution is -2.41. The molecule has 0 unspecified atom stereocenters.